The number of anilines is 1. The van der Waals surface area contributed by atoms with Crippen LogP contribution in [0, 0.1) is 11.6 Å². The van der Waals surface area contributed by atoms with Gasteiger partial charge >= 0.3 is 0 Å². The summed E-state index contributed by atoms with van der Waals surface area (Å²) in [6.45, 7) is 2.83. The lowest BCUT2D eigenvalue weighted by Gasteiger charge is -2.44. The van der Waals surface area contributed by atoms with Gasteiger partial charge in [0.1, 0.15) is 23.8 Å². The maximum Gasteiger partial charge on any atom is 0.255 e. The van der Waals surface area contributed by atoms with Gasteiger partial charge in [-0.15, -0.1) is 0 Å². The van der Waals surface area contributed by atoms with Crippen LogP contribution in [0.3, 0.4) is 0 Å². The maximum absolute atomic E-state index is 14.3. The number of β-amino-alcohol motifs (C(OH)–C–C–N with tert-alkyl or cyclic N) is 1. The van der Waals surface area contributed by atoms with Crippen molar-refractivity contribution >= 4 is 11.7 Å². The zero-order chi connectivity index (χ0) is 20.3. The highest BCUT2D eigenvalue weighted by atomic mass is 19.1. The predicted octanol–water partition coefficient (Wildman–Crippen LogP) is 2.03. The Balaban J connectivity index is 1.63. The van der Waals surface area contributed by atoms with Gasteiger partial charge in [-0.05, 0) is 25.1 Å². The molecular formula is C20H17F2N5O2. The molecule has 148 valence electrons. The van der Waals surface area contributed by atoms with Crippen LogP contribution in [-0.2, 0) is 6.54 Å². The number of fused-ring (bicyclic) bond motifs is 1. The van der Waals surface area contributed by atoms with Gasteiger partial charge in [-0.25, -0.2) is 18.7 Å². The van der Waals surface area contributed by atoms with E-state index < -0.39 is 17.2 Å². The second-order valence-electron chi connectivity index (χ2n) is 7.62. The molecule has 3 aromatic rings. The number of carbonyl (C=O) groups is 1. The number of amides is 1. The average molecular weight is 397 g/mol. The number of rotatable bonds is 3. The zero-order valence-corrected chi connectivity index (χ0v) is 15.5. The lowest BCUT2D eigenvalue weighted by molar-refractivity contribution is 0.0306. The summed E-state index contributed by atoms with van der Waals surface area (Å²) in [6, 6.07) is 5.11. The number of aromatic nitrogens is 3. The fourth-order valence-electron chi connectivity index (χ4n) is 3.83. The van der Waals surface area contributed by atoms with Crippen LogP contribution in [-0.4, -0.2) is 44.2 Å². The highest BCUT2D eigenvalue weighted by Gasteiger charge is 2.37. The number of nitrogens with zero attached hydrogens (tertiary/aromatic N) is 4. The molecule has 0 aliphatic carbocycles. The van der Waals surface area contributed by atoms with Crippen LogP contribution in [0.1, 0.15) is 23.0 Å². The molecule has 0 unspecified atom stereocenters. The molecule has 2 aliphatic rings. The molecule has 0 atom stereocenters. The Labute approximate surface area is 164 Å². The molecule has 4 heterocycles. The van der Waals surface area contributed by atoms with Crippen LogP contribution in [0.25, 0.3) is 16.9 Å². The summed E-state index contributed by atoms with van der Waals surface area (Å²) in [5.74, 6) is -1.12. The number of aliphatic hydroxyl groups is 1. The van der Waals surface area contributed by atoms with Gasteiger partial charge in [-0.2, -0.15) is 0 Å². The number of carbonyl (C=O) groups excluding carboxylic acids is 1. The van der Waals surface area contributed by atoms with Gasteiger partial charge in [-0.3, -0.25) is 4.79 Å². The minimum absolute atomic E-state index is 0.105. The lowest BCUT2D eigenvalue weighted by Crippen LogP contribution is -2.60. The van der Waals surface area contributed by atoms with Crippen LogP contribution in [0.5, 0.6) is 0 Å². The molecule has 1 aromatic carbocycles. The summed E-state index contributed by atoms with van der Waals surface area (Å²) < 4.78 is 30.3. The molecule has 7 nitrogen and oxygen atoms in total. The normalized spacial score (nSPS) is 17.1. The highest BCUT2D eigenvalue weighted by Crippen LogP contribution is 2.32. The number of halogens is 2. The third kappa shape index (κ3) is 2.85. The Morgan fingerprint density at radius 2 is 1.93 bits per heavy atom. The molecule has 1 amide bonds. The van der Waals surface area contributed by atoms with E-state index in [2.05, 4.69) is 15.3 Å². The lowest BCUT2D eigenvalue weighted by atomic mass is 9.97. The van der Waals surface area contributed by atoms with Crippen LogP contribution in [0.15, 0.2) is 36.8 Å². The topological polar surface area (TPSA) is 83.3 Å². The van der Waals surface area contributed by atoms with Gasteiger partial charge in [-0.1, -0.05) is 6.07 Å². The molecule has 2 N–H and O–H groups in total. The SMILES string of the molecule is CC1(O)CN(c2cn(-c3cc(-c4c(F)cccc4F)nc4c3C(=O)NC4)cn2)C1. The summed E-state index contributed by atoms with van der Waals surface area (Å²) in [5.41, 5.74) is 0.325. The summed E-state index contributed by atoms with van der Waals surface area (Å²) in [6.07, 6.45) is 3.25. The smallest absolute Gasteiger partial charge is 0.255 e. The van der Waals surface area contributed by atoms with Crippen molar-refractivity contribution in [2.24, 2.45) is 0 Å². The van der Waals surface area contributed by atoms with E-state index in [1.165, 1.54) is 30.6 Å². The number of hydrogen-bond acceptors (Lipinski definition) is 5. The number of nitrogens with one attached hydrogen (secondary N) is 1. The molecular weight excluding hydrogens is 380 g/mol. The van der Waals surface area contributed by atoms with E-state index in [1.807, 2.05) is 4.90 Å². The first-order chi connectivity index (χ1) is 13.8. The third-order valence-electron chi connectivity index (χ3n) is 5.17. The van der Waals surface area contributed by atoms with Gasteiger partial charge in [0.25, 0.3) is 5.91 Å². The minimum atomic E-state index is -0.753. The summed E-state index contributed by atoms with van der Waals surface area (Å²) in [5, 5.41) is 12.6. The van der Waals surface area contributed by atoms with Gasteiger partial charge in [0.2, 0.25) is 0 Å². The van der Waals surface area contributed by atoms with E-state index >= 15 is 0 Å². The molecule has 29 heavy (non-hydrogen) atoms. The van der Waals surface area contributed by atoms with E-state index in [-0.39, 0.29) is 23.7 Å². The fraction of sp³-hybridized carbons (Fsp3) is 0.250. The molecule has 9 heteroatoms. The number of benzene rings is 1. The molecule has 2 aromatic heterocycles. The molecule has 0 saturated carbocycles. The van der Waals surface area contributed by atoms with E-state index in [0.29, 0.717) is 35.9 Å². The van der Waals surface area contributed by atoms with E-state index in [0.717, 1.165) is 0 Å². The largest absolute Gasteiger partial charge is 0.386 e. The molecule has 0 bridgehead atoms. The van der Waals surface area contributed by atoms with Crippen molar-refractivity contribution in [1.82, 2.24) is 19.9 Å². The second-order valence-corrected chi connectivity index (χ2v) is 7.62. The molecule has 5 rings (SSSR count). The van der Waals surface area contributed by atoms with Crippen molar-refractivity contribution in [3.63, 3.8) is 0 Å². The first kappa shape index (κ1) is 17.7. The monoisotopic (exact) mass is 397 g/mol. The maximum atomic E-state index is 14.3. The zero-order valence-electron chi connectivity index (χ0n) is 15.5. The van der Waals surface area contributed by atoms with Crippen molar-refractivity contribution in [3.05, 3.63) is 59.7 Å². The molecule has 2 aliphatic heterocycles. The molecule has 0 radical (unpaired) electrons. The molecule has 1 fully saturated rings. The van der Waals surface area contributed by atoms with Crippen molar-refractivity contribution in [1.29, 1.82) is 0 Å². The highest BCUT2D eigenvalue weighted by molar-refractivity contribution is 6.01. The molecule has 1 saturated heterocycles. The summed E-state index contributed by atoms with van der Waals surface area (Å²) in [4.78, 5) is 22.9. The number of pyridine rings is 1. The Hall–Kier alpha value is -3.33. The Bertz CT molecular complexity index is 1130. The average Bonchev–Trinajstić information content (AvgIpc) is 3.26. The predicted molar refractivity (Wildman–Crippen MR) is 101 cm³/mol. The van der Waals surface area contributed by atoms with Gasteiger partial charge in [0.05, 0.1) is 46.5 Å². The van der Waals surface area contributed by atoms with Gasteiger partial charge in [0, 0.05) is 13.1 Å². The van der Waals surface area contributed by atoms with E-state index in [9.17, 15) is 18.7 Å². The Morgan fingerprint density at radius 1 is 1.21 bits per heavy atom. The van der Waals surface area contributed by atoms with Crippen molar-refractivity contribution < 1.29 is 18.7 Å². The minimum Gasteiger partial charge on any atom is -0.386 e. The standard InChI is InChI=1S/C20H17F2N5O2/c1-20(29)8-27(9-20)16-7-26(10-24-16)15-5-13(17-11(21)3-2-4-12(17)22)25-14-6-23-19(28)18(14)15/h2-5,7,10,29H,6,8-9H2,1H3,(H,23,28). The first-order valence-corrected chi connectivity index (χ1v) is 9.11. The van der Waals surface area contributed by atoms with Gasteiger partial charge < -0.3 is 19.9 Å². The number of imidazole rings is 1. The molecule has 0 spiro atoms. The van der Waals surface area contributed by atoms with Crippen LogP contribution >= 0.6 is 0 Å². The Morgan fingerprint density at radius 3 is 2.62 bits per heavy atom. The third-order valence-corrected chi connectivity index (χ3v) is 5.17. The summed E-state index contributed by atoms with van der Waals surface area (Å²) >= 11 is 0. The van der Waals surface area contributed by atoms with Crippen molar-refractivity contribution in [3.8, 4) is 16.9 Å². The fourth-order valence-corrected chi connectivity index (χ4v) is 3.83. The van der Waals surface area contributed by atoms with E-state index in [4.69, 9.17) is 0 Å². The number of hydrogen-bond donors (Lipinski definition) is 2. The van der Waals surface area contributed by atoms with Crippen LogP contribution < -0.4 is 10.2 Å². The first-order valence-electron chi connectivity index (χ1n) is 9.11. The van der Waals surface area contributed by atoms with Crippen molar-refractivity contribution in [2.75, 3.05) is 18.0 Å². The van der Waals surface area contributed by atoms with Gasteiger partial charge in [0.15, 0.2) is 0 Å². The second kappa shape index (κ2) is 6.08. The Kier molecular flexibility index (Phi) is 3.72. The van der Waals surface area contributed by atoms with Crippen LogP contribution in [0.2, 0.25) is 0 Å². The van der Waals surface area contributed by atoms with Crippen molar-refractivity contribution in [2.45, 2.75) is 19.1 Å². The van der Waals surface area contributed by atoms with E-state index in [1.54, 1.807) is 17.7 Å². The summed E-state index contributed by atoms with van der Waals surface area (Å²) in [7, 11) is 0. The quantitative estimate of drug-likeness (QED) is 0.707. The van der Waals surface area contributed by atoms with Crippen LogP contribution in [0.4, 0.5) is 14.6 Å².